The number of aromatic nitrogens is 4. The lowest BCUT2D eigenvalue weighted by molar-refractivity contribution is -0.140. The van der Waals surface area contributed by atoms with Crippen molar-refractivity contribution >= 4 is 56.9 Å². The predicted molar refractivity (Wildman–Crippen MR) is 265 cm³/mol. The zero-order chi connectivity index (χ0) is 49.6. The number of carbonyl (C=O) groups is 1. The Bertz CT molecular complexity index is 2920. The number of rotatable bonds is 24. The van der Waals surface area contributed by atoms with Gasteiger partial charge in [0.25, 0.3) is 5.91 Å². The number of benzene rings is 4. The van der Waals surface area contributed by atoms with Crippen LogP contribution < -0.4 is 31.6 Å². The number of halogens is 3. The standard InChI is InChI=1S/C50H56F3N9O7S/c1-33-48(34(2)69-59-33)36-25-42(55)49-45(26-36)61(32-58-49)29-35-8-5-10-38(24-35)68-30-47(63)57-16-18-65-20-22-67-23-21-66-19-17-60(3)70-39-13-14-43(46(28-39)64-4)56-15-7-9-37-27-40-41(54)11-6-12-44(40)62(37)31-50(51,52)53/h5-6,8,10-14,24-28,32,56H,15-23,29-31,54-55H2,1-4H3,(H,57,63). The Balaban J connectivity index is 0.723. The molecule has 7 aromatic rings. The molecular weight excluding hydrogens is 928 g/mol. The number of fused-ring (bicyclic) bond motifs is 2. The van der Waals surface area contributed by atoms with Gasteiger partial charge in [-0.2, -0.15) is 13.2 Å². The first-order chi connectivity index (χ1) is 33.8. The molecular formula is C50H56F3N9O7S. The van der Waals surface area contributed by atoms with Crippen LogP contribution in [0.1, 0.15) is 22.7 Å². The van der Waals surface area contributed by atoms with Crippen LogP contribution in [0, 0.1) is 25.7 Å². The molecule has 0 fully saturated rings. The lowest BCUT2D eigenvalue weighted by Gasteiger charge is -2.17. The Morgan fingerprint density at radius 1 is 0.914 bits per heavy atom. The van der Waals surface area contributed by atoms with Crippen molar-refractivity contribution in [2.24, 2.45) is 0 Å². The smallest absolute Gasteiger partial charge is 0.406 e. The minimum atomic E-state index is -4.42. The number of methoxy groups -OCH3 is 1. The number of hydrogen-bond acceptors (Lipinski definition) is 14. The molecule has 0 saturated heterocycles. The fourth-order valence-corrected chi connectivity index (χ4v) is 8.43. The van der Waals surface area contributed by atoms with E-state index in [-0.39, 0.29) is 24.8 Å². The Morgan fingerprint density at radius 3 is 2.44 bits per heavy atom. The van der Waals surface area contributed by atoms with Gasteiger partial charge in [0.2, 0.25) is 0 Å². The molecule has 370 valence electrons. The molecule has 0 aliphatic rings. The molecule has 3 heterocycles. The van der Waals surface area contributed by atoms with Crippen molar-refractivity contribution in [2.75, 3.05) is 96.8 Å². The first kappa shape index (κ1) is 51.0. The first-order valence-electron chi connectivity index (χ1n) is 22.4. The van der Waals surface area contributed by atoms with Crippen molar-refractivity contribution < 1.29 is 46.2 Å². The molecule has 0 bridgehead atoms. The molecule has 3 aromatic heterocycles. The number of alkyl halides is 3. The van der Waals surface area contributed by atoms with Crippen LogP contribution in [0.2, 0.25) is 0 Å². The van der Waals surface area contributed by atoms with E-state index in [2.05, 4.69) is 32.6 Å². The number of likely N-dealkylation sites (N-methyl/N-ethyl adjacent to an activating group) is 1. The molecule has 1 amide bonds. The van der Waals surface area contributed by atoms with Gasteiger partial charge in [0.05, 0.1) is 93.4 Å². The summed E-state index contributed by atoms with van der Waals surface area (Å²) in [5, 5.41) is 10.6. The molecule has 6 N–H and O–H groups in total. The minimum Gasteiger partial charge on any atom is -0.495 e. The van der Waals surface area contributed by atoms with E-state index in [0.29, 0.717) is 104 Å². The fraction of sp³-hybridized carbons (Fsp3) is 0.340. The number of hydrogen-bond donors (Lipinski definition) is 4. The summed E-state index contributed by atoms with van der Waals surface area (Å²) in [5.74, 6) is 7.41. The van der Waals surface area contributed by atoms with Gasteiger partial charge in [0, 0.05) is 41.2 Å². The second-order valence-corrected chi connectivity index (χ2v) is 17.4. The number of ether oxygens (including phenoxy) is 5. The topological polar surface area (TPSA) is 191 Å². The Morgan fingerprint density at radius 2 is 1.69 bits per heavy atom. The van der Waals surface area contributed by atoms with E-state index < -0.39 is 12.7 Å². The van der Waals surface area contributed by atoms with Crippen LogP contribution >= 0.6 is 11.9 Å². The lowest BCUT2D eigenvalue weighted by Crippen LogP contribution is -2.31. The minimum absolute atomic E-state index is 0.139. The van der Waals surface area contributed by atoms with E-state index >= 15 is 0 Å². The third-order valence-electron chi connectivity index (χ3n) is 10.9. The zero-order valence-corrected chi connectivity index (χ0v) is 40.2. The number of nitrogens with one attached hydrogen (secondary N) is 2. The molecule has 0 radical (unpaired) electrons. The Kier molecular flexibility index (Phi) is 17.5. The Labute approximate surface area is 407 Å². The summed E-state index contributed by atoms with van der Waals surface area (Å²) in [6, 6.07) is 23.6. The molecule has 16 nitrogen and oxygen atoms in total. The highest BCUT2D eigenvalue weighted by molar-refractivity contribution is 7.97. The highest BCUT2D eigenvalue weighted by Crippen LogP contribution is 2.34. The summed E-state index contributed by atoms with van der Waals surface area (Å²) in [5.41, 5.74) is 19.8. The average molecular weight is 984 g/mol. The van der Waals surface area contributed by atoms with E-state index in [1.54, 1.807) is 37.7 Å². The highest BCUT2D eigenvalue weighted by Gasteiger charge is 2.30. The van der Waals surface area contributed by atoms with E-state index in [0.717, 1.165) is 43.1 Å². The molecule has 20 heteroatoms. The van der Waals surface area contributed by atoms with Gasteiger partial charge >= 0.3 is 6.18 Å². The zero-order valence-electron chi connectivity index (χ0n) is 39.4. The summed E-state index contributed by atoms with van der Waals surface area (Å²) in [6.07, 6.45) is -2.66. The van der Waals surface area contributed by atoms with Gasteiger partial charge in [-0.25, -0.2) is 9.29 Å². The molecule has 7 rings (SSSR count). The van der Waals surface area contributed by atoms with Crippen LogP contribution in [0.3, 0.4) is 0 Å². The summed E-state index contributed by atoms with van der Waals surface area (Å²) in [4.78, 5) is 18.0. The fourth-order valence-electron chi connectivity index (χ4n) is 7.62. The lowest BCUT2D eigenvalue weighted by atomic mass is 10.0. The Hall–Kier alpha value is -6.89. The molecule has 0 unspecified atom stereocenters. The SMILES string of the molecule is COc1cc(SN(C)CCOCCOCCOCCNC(=O)COc2cccc(Cn3cnc4c(N)cc(-c5c(C)noc5C)cc43)c2)ccc1NCC#Cc1cc2c(N)cccc2n1CC(F)(F)F. The number of nitrogens with two attached hydrogens (primary N) is 2. The van der Waals surface area contributed by atoms with Crippen LogP contribution in [0.15, 0.2) is 94.6 Å². The number of anilines is 3. The van der Waals surface area contributed by atoms with Crippen molar-refractivity contribution in [3.05, 3.63) is 108 Å². The molecule has 0 aliphatic heterocycles. The quantitative estimate of drug-likeness (QED) is 0.0199. The molecule has 4 aromatic carbocycles. The molecule has 70 heavy (non-hydrogen) atoms. The van der Waals surface area contributed by atoms with Crippen LogP contribution in [0.4, 0.5) is 30.2 Å². The van der Waals surface area contributed by atoms with Gasteiger partial charge in [-0.05, 0) is 111 Å². The molecule has 0 spiro atoms. The van der Waals surface area contributed by atoms with Crippen LogP contribution in [0.5, 0.6) is 11.5 Å². The molecule has 0 saturated carbocycles. The second-order valence-electron chi connectivity index (χ2n) is 16.1. The third kappa shape index (κ3) is 13.9. The summed E-state index contributed by atoms with van der Waals surface area (Å²) in [7, 11) is 3.52. The van der Waals surface area contributed by atoms with Crippen molar-refractivity contribution in [1.29, 1.82) is 0 Å². The molecule has 0 aliphatic carbocycles. The highest BCUT2D eigenvalue weighted by atomic mass is 32.2. The maximum absolute atomic E-state index is 13.4. The number of amides is 1. The van der Waals surface area contributed by atoms with Crippen molar-refractivity contribution in [1.82, 2.24) is 28.9 Å². The summed E-state index contributed by atoms with van der Waals surface area (Å²) < 4.78 is 79.0. The van der Waals surface area contributed by atoms with E-state index in [4.69, 9.17) is 39.7 Å². The van der Waals surface area contributed by atoms with Crippen molar-refractivity contribution in [2.45, 2.75) is 38.0 Å². The maximum Gasteiger partial charge on any atom is 0.406 e. The van der Waals surface area contributed by atoms with Crippen LogP contribution in [0.25, 0.3) is 33.1 Å². The number of carbonyl (C=O) groups excluding carboxylic acids is 1. The average Bonchev–Trinajstić information content (AvgIpc) is 4.01. The van der Waals surface area contributed by atoms with Gasteiger partial charge in [-0.15, -0.1) is 0 Å². The monoisotopic (exact) mass is 983 g/mol. The van der Waals surface area contributed by atoms with Crippen LogP contribution in [-0.2, 0) is 32.1 Å². The van der Waals surface area contributed by atoms with Gasteiger partial charge in [0.15, 0.2) is 6.61 Å². The maximum atomic E-state index is 13.4. The van der Waals surface area contributed by atoms with E-state index in [9.17, 15) is 18.0 Å². The third-order valence-corrected chi connectivity index (χ3v) is 11.9. The van der Waals surface area contributed by atoms with Gasteiger partial charge in [-0.1, -0.05) is 29.3 Å². The van der Waals surface area contributed by atoms with Gasteiger partial charge in [0.1, 0.15) is 29.3 Å². The van der Waals surface area contributed by atoms with Gasteiger partial charge in [-0.3, -0.25) is 4.79 Å². The van der Waals surface area contributed by atoms with E-state index in [1.165, 1.54) is 11.9 Å². The summed E-state index contributed by atoms with van der Waals surface area (Å²) in [6.45, 7) is 6.56. The normalized spacial score (nSPS) is 11.6. The first-order valence-corrected chi connectivity index (χ1v) is 23.2. The number of imidazole rings is 1. The van der Waals surface area contributed by atoms with E-state index in [1.807, 2.05) is 84.4 Å². The largest absolute Gasteiger partial charge is 0.495 e. The number of nitrogens with zero attached hydrogens (tertiary/aromatic N) is 5. The molecule has 0 atom stereocenters. The van der Waals surface area contributed by atoms with Crippen molar-refractivity contribution in [3.8, 4) is 34.5 Å². The second kappa shape index (κ2) is 24.1. The van der Waals surface area contributed by atoms with Gasteiger partial charge < -0.3 is 59.4 Å². The number of aryl methyl sites for hydroxylation is 2. The number of nitrogen functional groups attached to an aromatic ring is 2. The van der Waals surface area contributed by atoms with Crippen LogP contribution in [-0.4, -0.2) is 116 Å². The summed E-state index contributed by atoms with van der Waals surface area (Å²) >= 11 is 1.53. The van der Waals surface area contributed by atoms with Crippen molar-refractivity contribution in [3.63, 3.8) is 0 Å². The predicted octanol–water partition coefficient (Wildman–Crippen LogP) is 7.69.